The predicted molar refractivity (Wildman–Crippen MR) is 69.7 cm³/mol. The zero-order valence-corrected chi connectivity index (χ0v) is 10.7. The molecule has 104 valence electrons. The van der Waals surface area contributed by atoms with E-state index in [4.69, 9.17) is 10.2 Å². The van der Waals surface area contributed by atoms with Gasteiger partial charge in [0.1, 0.15) is 6.04 Å². The average molecular weight is 266 g/mol. The number of carbonyl (C=O) groups is 2. The average Bonchev–Trinajstić information content (AvgIpc) is 2.39. The molecule has 0 aromatic heterocycles. The maximum absolute atomic E-state index is 11.6. The Bertz CT molecular complexity index is 422. The summed E-state index contributed by atoms with van der Waals surface area (Å²) in [6.07, 6.45) is -0.0253. The van der Waals surface area contributed by atoms with Crippen LogP contribution in [0.25, 0.3) is 0 Å². The quantitative estimate of drug-likeness (QED) is 0.614. The van der Waals surface area contributed by atoms with Gasteiger partial charge in [0.05, 0.1) is 6.04 Å². The highest BCUT2D eigenvalue weighted by molar-refractivity contribution is 5.82. The van der Waals surface area contributed by atoms with Crippen LogP contribution < -0.4 is 10.6 Å². The van der Waals surface area contributed by atoms with Crippen LogP contribution >= 0.6 is 0 Å². The Labute approximate surface area is 111 Å². The van der Waals surface area contributed by atoms with Crippen LogP contribution in [0.4, 0.5) is 4.79 Å². The monoisotopic (exact) mass is 266 g/mol. The van der Waals surface area contributed by atoms with Crippen molar-refractivity contribution in [1.29, 1.82) is 0 Å². The molecule has 19 heavy (non-hydrogen) atoms. The van der Waals surface area contributed by atoms with E-state index in [1.807, 2.05) is 30.3 Å². The fourth-order valence-electron chi connectivity index (χ4n) is 1.61. The number of amides is 2. The minimum atomic E-state index is -1.17. The van der Waals surface area contributed by atoms with E-state index in [0.717, 1.165) is 5.56 Å². The summed E-state index contributed by atoms with van der Waals surface area (Å²) in [5.74, 6) is -1.17. The highest BCUT2D eigenvalue weighted by Gasteiger charge is 2.20. The molecule has 1 aromatic carbocycles. The van der Waals surface area contributed by atoms with Gasteiger partial charge in [0.25, 0.3) is 0 Å². The van der Waals surface area contributed by atoms with E-state index in [0.29, 0.717) is 0 Å². The summed E-state index contributed by atoms with van der Waals surface area (Å²) < 4.78 is 0. The maximum Gasteiger partial charge on any atom is 0.326 e. The molecule has 0 saturated heterocycles. The van der Waals surface area contributed by atoms with Crippen molar-refractivity contribution >= 4 is 12.0 Å². The molecule has 1 aromatic rings. The van der Waals surface area contributed by atoms with Gasteiger partial charge in [0.2, 0.25) is 0 Å². The summed E-state index contributed by atoms with van der Waals surface area (Å²) in [5.41, 5.74) is 0.923. The molecule has 6 nitrogen and oxygen atoms in total. The SMILES string of the molecule is CC(NC(=O)NC(CCO)C(=O)O)c1ccccc1. The second-order valence-electron chi connectivity index (χ2n) is 4.15. The van der Waals surface area contributed by atoms with Gasteiger partial charge in [-0.15, -0.1) is 0 Å². The third kappa shape index (κ3) is 4.97. The maximum atomic E-state index is 11.6. The largest absolute Gasteiger partial charge is 0.480 e. The first-order valence-corrected chi connectivity index (χ1v) is 6.00. The Balaban J connectivity index is 2.52. The third-order valence-corrected chi connectivity index (χ3v) is 2.67. The van der Waals surface area contributed by atoms with E-state index in [1.54, 1.807) is 6.92 Å². The summed E-state index contributed by atoms with van der Waals surface area (Å²) >= 11 is 0. The molecule has 0 aliphatic heterocycles. The van der Waals surface area contributed by atoms with E-state index < -0.39 is 18.0 Å². The summed E-state index contributed by atoms with van der Waals surface area (Å²) in [6.45, 7) is 1.50. The van der Waals surface area contributed by atoms with Gasteiger partial charge in [0, 0.05) is 13.0 Å². The Morgan fingerprint density at radius 3 is 2.37 bits per heavy atom. The molecule has 0 fully saturated rings. The van der Waals surface area contributed by atoms with Crippen LogP contribution in [0.1, 0.15) is 24.9 Å². The van der Waals surface area contributed by atoms with Crippen LogP contribution in [-0.4, -0.2) is 34.9 Å². The van der Waals surface area contributed by atoms with Crippen molar-refractivity contribution in [2.45, 2.75) is 25.4 Å². The molecule has 0 radical (unpaired) electrons. The first kappa shape index (κ1) is 15.0. The molecular formula is C13H18N2O4. The molecule has 0 heterocycles. The van der Waals surface area contributed by atoms with Crippen molar-refractivity contribution in [2.24, 2.45) is 0 Å². The first-order chi connectivity index (χ1) is 9.04. The number of hydrogen-bond donors (Lipinski definition) is 4. The van der Waals surface area contributed by atoms with Gasteiger partial charge in [-0.1, -0.05) is 30.3 Å². The molecule has 2 amide bonds. The molecule has 2 atom stereocenters. The van der Waals surface area contributed by atoms with Crippen LogP contribution in [0.3, 0.4) is 0 Å². The number of aliphatic carboxylic acids is 1. The molecule has 1 rings (SSSR count). The standard InChI is InChI=1S/C13H18N2O4/c1-9(10-5-3-2-4-6-10)14-13(19)15-11(7-8-16)12(17)18/h2-6,9,11,16H,7-8H2,1H3,(H,17,18)(H2,14,15,19). The molecule has 6 heteroatoms. The smallest absolute Gasteiger partial charge is 0.326 e. The topological polar surface area (TPSA) is 98.7 Å². The van der Waals surface area contributed by atoms with Crippen molar-refractivity contribution in [3.63, 3.8) is 0 Å². The second-order valence-corrected chi connectivity index (χ2v) is 4.15. The van der Waals surface area contributed by atoms with Gasteiger partial charge in [-0.05, 0) is 12.5 Å². The fraction of sp³-hybridized carbons (Fsp3) is 0.385. The van der Waals surface area contributed by atoms with Crippen molar-refractivity contribution in [1.82, 2.24) is 10.6 Å². The number of carboxylic acid groups (broad SMARTS) is 1. The van der Waals surface area contributed by atoms with Gasteiger partial charge in [-0.25, -0.2) is 9.59 Å². The number of aliphatic hydroxyl groups excluding tert-OH is 1. The molecule has 0 saturated carbocycles. The van der Waals surface area contributed by atoms with Crippen LogP contribution in [-0.2, 0) is 4.79 Å². The molecule has 0 spiro atoms. The predicted octanol–water partition coefficient (Wildman–Crippen LogP) is 0.882. The van der Waals surface area contributed by atoms with Gasteiger partial charge in [0.15, 0.2) is 0 Å². The van der Waals surface area contributed by atoms with Crippen LogP contribution in [0.5, 0.6) is 0 Å². The number of carbonyl (C=O) groups excluding carboxylic acids is 1. The van der Waals surface area contributed by atoms with E-state index in [2.05, 4.69) is 10.6 Å². The normalized spacial score (nSPS) is 13.4. The van der Waals surface area contributed by atoms with E-state index in [-0.39, 0.29) is 19.1 Å². The number of benzene rings is 1. The van der Waals surface area contributed by atoms with Gasteiger partial charge in [-0.2, -0.15) is 0 Å². The summed E-state index contributed by atoms with van der Waals surface area (Å²) in [4.78, 5) is 22.5. The lowest BCUT2D eigenvalue weighted by Gasteiger charge is -2.18. The Hall–Kier alpha value is -2.08. The highest BCUT2D eigenvalue weighted by atomic mass is 16.4. The number of rotatable bonds is 6. The molecule has 0 aliphatic rings. The minimum Gasteiger partial charge on any atom is -0.480 e. The molecule has 0 aliphatic carbocycles. The molecular weight excluding hydrogens is 248 g/mol. The Morgan fingerprint density at radius 1 is 1.21 bits per heavy atom. The lowest BCUT2D eigenvalue weighted by Crippen LogP contribution is -2.47. The lowest BCUT2D eigenvalue weighted by atomic mass is 10.1. The van der Waals surface area contributed by atoms with Crippen LogP contribution in [0.2, 0.25) is 0 Å². The highest BCUT2D eigenvalue weighted by Crippen LogP contribution is 2.10. The van der Waals surface area contributed by atoms with Crippen molar-refractivity contribution in [2.75, 3.05) is 6.61 Å². The second kappa shape index (κ2) is 7.38. The summed E-state index contributed by atoms with van der Waals surface area (Å²) in [7, 11) is 0. The number of aliphatic hydroxyl groups is 1. The van der Waals surface area contributed by atoms with E-state index >= 15 is 0 Å². The first-order valence-electron chi connectivity index (χ1n) is 6.00. The lowest BCUT2D eigenvalue weighted by molar-refractivity contribution is -0.139. The summed E-state index contributed by atoms with van der Waals surface area (Å²) in [6, 6.07) is 7.43. The van der Waals surface area contributed by atoms with Gasteiger partial charge in [-0.3, -0.25) is 0 Å². The number of nitrogens with one attached hydrogen (secondary N) is 2. The summed E-state index contributed by atoms with van der Waals surface area (Å²) in [5, 5.41) is 22.5. The van der Waals surface area contributed by atoms with E-state index in [1.165, 1.54) is 0 Å². The van der Waals surface area contributed by atoms with Crippen molar-refractivity contribution in [3.8, 4) is 0 Å². The molecule has 4 N–H and O–H groups in total. The fourth-order valence-corrected chi connectivity index (χ4v) is 1.61. The van der Waals surface area contributed by atoms with Gasteiger partial charge < -0.3 is 20.8 Å². The van der Waals surface area contributed by atoms with E-state index in [9.17, 15) is 9.59 Å². The minimum absolute atomic E-state index is 0.0253. The van der Waals surface area contributed by atoms with Crippen molar-refractivity contribution < 1.29 is 19.8 Å². The Kier molecular flexibility index (Phi) is 5.81. The zero-order chi connectivity index (χ0) is 14.3. The molecule has 2 unspecified atom stereocenters. The van der Waals surface area contributed by atoms with Gasteiger partial charge >= 0.3 is 12.0 Å². The van der Waals surface area contributed by atoms with Crippen LogP contribution in [0, 0.1) is 0 Å². The Morgan fingerprint density at radius 2 is 1.84 bits per heavy atom. The zero-order valence-electron chi connectivity index (χ0n) is 10.7. The third-order valence-electron chi connectivity index (χ3n) is 2.67. The number of urea groups is 1. The molecule has 0 bridgehead atoms. The van der Waals surface area contributed by atoms with Crippen molar-refractivity contribution in [3.05, 3.63) is 35.9 Å². The van der Waals surface area contributed by atoms with Crippen LogP contribution in [0.15, 0.2) is 30.3 Å². The number of hydrogen-bond acceptors (Lipinski definition) is 3. The number of carboxylic acids is 1.